The van der Waals surface area contributed by atoms with Gasteiger partial charge in [-0.05, 0) is 101 Å². The third-order valence-corrected chi connectivity index (χ3v) is 10.6. The van der Waals surface area contributed by atoms with E-state index in [9.17, 15) is 23.9 Å². The number of nitrogens with two attached hydrogens (primary N) is 1. The number of nitrogens with zero attached hydrogens (tertiary/aromatic N) is 2. The second-order valence-corrected chi connectivity index (χ2v) is 14.6. The number of aryl methyl sites for hydroxylation is 1. The summed E-state index contributed by atoms with van der Waals surface area (Å²) in [5, 5.41) is 13.4. The van der Waals surface area contributed by atoms with Gasteiger partial charge >= 0.3 is 0 Å². The molecule has 6 rings (SSSR count). The van der Waals surface area contributed by atoms with Crippen LogP contribution in [0, 0.1) is 5.82 Å². The largest absolute Gasteiger partial charge is 0.492 e. The topological polar surface area (TPSA) is 125 Å². The second kappa shape index (κ2) is 17.0. The number of primary amides is 1. The second-order valence-electron chi connectivity index (χ2n) is 13.8. The summed E-state index contributed by atoms with van der Waals surface area (Å²) in [5.41, 5.74) is 11.2. The van der Waals surface area contributed by atoms with Crippen LogP contribution in [-0.2, 0) is 33.8 Å². The molecule has 4 N–H and O–H groups in total. The number of rotatable bonds is 16. The van der Waals surface area contributed by atoms with Gasteiger partial charge < -0.3 is 30.7 Å². The number of nitrogens with one attached hydrogen (secondary N) is 1. The fraction of sp³-hybridized carbons (Fsp3) is 0.425. The molecule has 1 aliphatic carbocycles. The van der Waals surface area contributed by atoms with Gasteiger partial charge in [0, 0.05) is 62.8 Å². The predicted octanol–water partition coefficient (Wildman–Crippen LogP) is 5.31. The zero-order valence-electron chi connectivity index (χ0n) is 28.8. The summed E-state index contributed by atoms with van der Waals surface area (Å²) in [6, 6.07) is 20.5. The van der Waals surface area contributed by atoms with Crippen LogP contribution in [0.15, 0.2) is 76.8 Å². The van der Waals surface area contributed by atoms with E-state index >= 15 is 0 Å². The number of fused-ring (bicyclic) bond motifs is 2. The molecule has 2 aliphatic heterocycles. The summed E-state index contributed by atoms with van der Waals surface area (Å²) in [7, 11) is 0. The van der Waals surface area contributed by atoms with Crippen molar-refractivity contribution >= 4 is 39.2 Å². The van der Waals surface area contributed by atoms with E-state index in [1.165, 1.54) is 12.1 Å². The highest BCUT2D eigenvalue weighted by Gasteiger charge is 2.43. The van der Waals surface area contributed by atoms with Crippen molar-refractivity contribution in [3.63, 3.8) is 0 Å². The van der Waals surface area contributed by atoms with E-state index in [2.05, 4.69) is 45.5 Å². The molecule has 3 aromatic rings. The fourth-order valence-electron chi connectivity index (χ4n) is 7.23. The molecule has 51 heavy (non-hydrogen) atoms. The maximum atomic E-state index is 14.8. The zero-order chi connectivity index (χ0) is 35.9. The standard InChI is InChI=1S/C40H46BrFN4O5/c41-34-17-14-30(42)21-36(34)51-20-4-5-26-10-12-28(13-11-26)33-22-31-24-45(38(49)9-3-8-37(43)48)25-35(44-31)39(33)40(50)46(32-15-16-32)23-29-7-2-1-6-27(29)18-19-47/h1-2,6-7,10-14,17,21,31-32,35,44,47H,3-5,8-9,15-16,18-20,22-25H2,(H2,43,48)/t31?,35-/m1/s1. The van der Waals surface area contributed by atoms with Gasteiger partial charge in [-0.3, -0.25) is 14.4 Å². The molecule has 3 aliphatic rings. The van der Waals surface area contributed by atoms with Crippen LogP contribution in [0.25, 0.3) is 5.57 Å². The third kappa shape index (κ3) is 9.44. The number of carbonyl (C=O) groups is 3. The van der Waals surface area contributed by atoms with E-state index in [-0.39, 0.29) is 55.2 Å². The molecule has 9 nitrogen and oxygen atoms in total. The third-order valence-electron chi connectivity index (χ3n) is 9.95. The van der Waals surface area contributed by atoms with Crippen molar-refractivity contribution < 1.29 is 28.6 Å². The summed E-state index contributed by atoms with van der Waals surface area (Å²) in [6.07, 6.45) is 5.34. The number of amides is 3. The Balaban J connectivity index is 1.24. The van der Waals surface area contributed by atoms with Crippen LogP contribution < -0.4 is 15.8 Å². The number of aliphatic hydroxyl groups excluding tert-OH is 1. The fourth-order valence-corrected chi connectivity index (χ4v) is 7.59. The van der Waals surface area contributed by atoms with Gasteiger partial charge in [0.2, 0.25) is 11.8 Å². The summed E-state index contributed by atoms with van der Waals surface area (Å²) in [4.78, 5) is 43.2. The first kappa shape index (κ1) is 36.7. The van der Waals surface area contributed by atoms with Crippen LogP contribution in [0.2, 0.25) is 0 Å². The number of ether oxygens (including phenoxy) is 1. The van der Waals surface area contributed by atoms with Crippen molar-refractivity contribution in [1.29, 1.82) is 0 Å². The molecule has 2 heterocycles. The summed E-state index contributed by atoms with van der Waals surface area (Å²) < 4.78 is 20.2. The highest BCUT2D eigenvalue weighted by molar-refractivity contribution is 9.10. The molecule has 0 aromatic heterocycles. The Bertz CT molecular complexity index is 1760. The van der Waals surface area contributed by atoms with Gasteiger partial charge in [-0.15, -0.1) is 0 Å². The number of halogens is 2. The highest BCUT2D eigenvalue weighted by Crippen LogP contribution is 2.38. The number of hydrogen-bond donors (Lipinski definition) is 3. The Hall–Kier alpha value is -4.06. The van der Waals surface area contributed by atoms with Crippen molar-refractivity contribution in [2.24, 2.45) is 5.73 Å². The molecule has 11 heteroatoms. The van der Waals surface area contributed by atoms with Gasteiger partial charge in [0.05, 0.1) is 17.1 Å². The Kier molecular flexibility index (Phi) is 12.2. The normalized spacial score (nSPS) is 18.5. The van der Waals surface area contributed by atoms with E-state index in [1.807, 2.05) is 34.1 Å². The molecule has 3 amide bonds. The van der Waals surface area contributed by atoms with Crippen LogP contribution in [-0.4, -0.2) is 77.1 Å². The zero-order valence-corrected chi connectivity index (χ0v) is 30.4. The van der Waals surface area contributed by atoms with Crippen molar-refractivity contribution in [3.05, 3.63) is 105 Å². The summed E-state index contributed by atoms with van der Waals surface area (Å²) in [5.74, 6) is -0.330. The van der Waals surface area contributed by atoms with Gasteiger partial charge in [0.15, 0.2) is 0 Å². The Morgan fingerprint density at radius 2 is 1.75 bits per heavy atom. The molecule has 2 atom stereocenters. The number of piperazine rings is 1. The van der Waals surface area contributed by atoms with E-state index in [1.54, 1.807) is 6.07 Å². The molecule has 1 saturated carbocycles. The molecule has 2 fully saturated rings. The van der Waals surface area contributed by atoms with Gasteiger partial charge in [-0.25, -0.2) is 4.39 Å². The molecule has 0 radical (unpaired) electrons. The maximum absolute atomic E-state index is 14.8. The van der Waals surface area contributed by atoms with Gasteiger partial charge in [-0.2, -0.15) is 0 Å². The van der Waals surface area contributed by atoms with Crippen LogP contribution >= 0.6 is 15.9 Å². The molecular weight excluding hydrogens is 715 g/mol. The number of aliphatic hydroxyl groups is 1. The minimum Gasteiger partial charge on any atom is -0.492 e. The van der Waals surface area contributed by atoms with Crippen LogP contribution in [0.3, 0.4) is 0 Å². The average molecular weight is 762 g/mol. The SMILES string of the molecule is NC(=O)CCCC(=O)N1CC2CC(c3ccc(CCCOc4cc(F)ccc4Br)cc3)=C(C(=O)N(Cc3ccccc3CCO)C3CC3)[C@@H](C1)N2. The minimum absolute atomic E-state index is 0.0185. The van der Waals surface area contributed by atoms with Crippen molar-refractivity contribution in [2.75, 3.05) is 26.3 Å². The summed E-state index contributed by atoms with van der Waals surface area (Å²) in [6.45, 7) is 1.83. The first-order valence-electron chi connectivity index (χ1n) is 17.9. The quantitative estimate of drug-likeness (QED) is 0.170. The predicted molar refractivity (Wildman–Crippen MR) is 197 cm³/mol. The molecule has 0 spiro atoms. The van der Waals surface area contributed by atoms with E-state index in [0.717, 1.165) is 53.5 Å². The molecule has 2 bridgehead atoms. The van der Waals surface area contributed by atoms with Crippen LogP contribution in [0.1, 0.15) is 67.2 Å². The lowest BCUT2D eigenvalue weighted by Gasteiger charge is -2.45. The number of carbonyl (C=O) groups excluding carboxylic acids is 3. The Labute approximate surface area is 307 Å². The average Bonchev–Trinajstić information content (AvgIpc) is 3.96. The first-order chi connectivity index (χ1) is 24.7. The minimum atomic E-state index is -0.419. The van der Waals surface area contributed by atoms with E-state index < -0.39 is 5.91 Å². The first-order valence-corrected chi connectivity index (χ1v) is 18.7. The highest BCUT2D eigenvalue weighted by atomic mass is 79.9. The van der Waals surface area contributed by atoms with Gasteiger partial charge in [0.1, 0.15) is 11.6 Å². The molecular formula is C40H46BrFN4O5. The number of hydrogen-bond acceptors (Lipinski definition) is 6. The van der Waals surface area contributed by atoms with Crippen LogP contribution in [0.4, 0.5) is 4.39 Å². The maximum Gasteiger partial charge on any atom is 0.252 e. The molecule has 1 unspecified atom stereocenters. The van der Waals surface area contributed by atoms with Gasteiger partial charge in [0.25, 0.3) is 5.91 Å². The Morgan fingerprint density at radius 1 is 0.980 bits per heavy atom. The molecule has 270 valence electrons. The lowest BCUT2D eigenvalue weighted by Crippen LogP contribution is -2.62. The smallest absolute Gasteiger partial charge is 0.252 e. The van der Waals surface area contributed by atoms with E-state index in [0.29, 0.717) is 61.3 Å². The lowest BCUT2D eigenvalue weighted by atomic mass is 9.82. The lowest BCUT2D eigenvalue weighted by molar-refractivity contribution is -0.134. The van der Waals surface area contributed by atoms with Crippen LogP contribution in [0.5, 0.6) is 5.75 Å². The van der Waals surface area contributed by atoms with Gasteiger partial charge in [-0.1, -0.05) is 48.5 Å². The van der Waals surface area contributed by atoms with Crippen molar-refractivity contribution in [2.45, 2.75) is 82.5 Å². The van der Waals surface area contributed by atoms with Crippen molar-refractivity contribution in [1.82, 2.24) is 15.1 Å². The molecule has 1 saturated heterocycles. The Morgan fingerprint density at radius 3 is 2.47 bits per heavy atom. The number of benzene rings is 3. The van der Waals surface area contributed by atoms with Crippen molar-refractivity contribution in [3.8, 4) is 5.75 Å². The molecule has 3 aromatic carbocycles. The summed E-state index contributed by atoms with van der Waals surface area (Å²) >= 11 is 3.41. The monoisotopic (exact) mass is 760 g/mol. The van der Waals surface area contributed by atoms with E-state index in [4.69, 9.17) is 10.5 Å².